The van der Waals surface area contributed by atoms with Gasteiger partial charge in [0.2, 0.25) is 0 Å². The molecule has 2 heteroatoms. The minimum Gasteiger partial charge on any atom is -0.497 e. The van der Waals surface area contributed by atoms with E-state index in [0.717, 1.165) is 12.8 Å². The average Bonchev–Trinajstić information content (AvgIpc) is 1.90. The van der Waals surface area contributed by atoms with Gasteiger partial charge in [-0.2, -0.15) is 0 Å². The Balaban J connectivity index is 2.27. The maximum absolute atomic E-state index is 5.34. The summed E-state index contributed by atoms with van der Waals surface area (Å²) in [6.45, 7) is 0.643. The summed E-state index contributed by atoms with van der Waals surface area (Å²) in [4.78, 5) is 0. The number of hydrogen-bond donors (Lipinski definition) is 1. The molecule has 1 heterocycles. The lowest BCUT2D eigenvalue weighted by molar-refractivity contribution is 0.131. The van der Waals surface area contributed by atoms with Crippen LogP contribution in [0.3, 0.4) is 0 Å². The van der Waals surface area contributed by atoms with E-state index >= 15 is 0 Å². The largest absolute Gasteiger partial charge is 0.497 e. The van der Waals surface area contributed by atoms with Crippen molar-refractivity contribution < 1.29 is 4.74 Å². The Morgan fingerprint density at radius 2 is 2.62 bits per heavy atom. The molecular weight excluding hydrogens is 102 g/mol. The van der Waals surface area contributed by atoms with Crippen molar-refractivity contribution in [2.24, 2.45) is 5.73 Å². The van der Waals surface area contributed by atoms with Gasteiger partial charge in [-0.1, -0.05) is 0 Å². The summed E-state index contributed by atoms with van der Waals surface area (Å²) < 4.78 is 5.12. The summed E-state index contributed by atoms with van der Waals surface area (Å²) in [5.74, 6) is 0. The van der Waals surface area contributed by atoms with E-state index in [4.69, 9.17) is 10.5 Å². The van der Waals surface area contributed by atoms with Crippen LogP contribution in [0.15, 0.2) is 12.3 Å². The lowest BCUT2D eigenvalue weighted by Crippen LogP contribution is -2.22. The van der Waals surface area contributed by atoms with E-state index < -0.39 is 0 Å². The number of hydrogen-bond acceptors (Lipinski definition) is 2. The second-order valence-electron chi connectivity index (χ2n) is 1.94. The van der Waals surface area contributed by atoms with Gasteiger partial charge in [-0.05, 0) is 18.9 Å². The van der Waals surface area contributed by atoms with E-state index in [1.54, 1.807) is 6.26 Å². The van der Waals surface area contributed by atoms with Crippen LogP contribution in [0.2, 0.25) is 0 Å². The van der Waals surface area contributed by atoms with E-state index in [2.05, 4.69) is 0 Å². The molecule has 1 rings (SSSR count). The standard InChI is InChI=1S/C6H11NO/c7-5-6-3-1-2-4-8-6/h2,4,6H,1,3,5,7H2. The highest BCUT2D eigenvalue weighted by Gasteiger charge is 2.06. The monoisotopic (exact) mass is 113 g/mol. The minimum atomic E-state index is 0.278. The maximum atomic E-state index is 5.34. The number of rotatable bonds is 1. The fraction of sp³-hybridized carbons (Fsp3) is 0.667. The molecule has 0 aromatic rings. The predicted molar refractivity (Wildman–Crippen MR) is 32.3 cm³/mol. The van der Waals surface area contributed by atoms with Crippen molar-refractivity contribution in [2.75, 3.05) is 6.54 Å². The van der Waals surface area contributed by atoms with E-state index in [1.165, 1.54) is 0 Å². The van der Waals surface area contributed by atoms with Gasteiger partial charge in [-0.25, -0.2) is 0 Å². The zero-order valence-electron chi connectivity index (χ0n) is 4.84. The molecule has 2 nitrogen and oxygen atoms in total. The molecule has 0 saturated carbocycles. The Labute approximate surface area is 49.3 Å². The Morgan fingerprint density at radius 1 is 1.75 bits per heavy atom. The second kappa shape index (κ2) is 2.72. The molecule has 0 saturated heterocycles. The summed E-state index contributed by atoms with van der Waals surface area (Å²) in [7, 11) is 0. The van der Waals surface area contributed by atoms with E-state index in [-0.39, 0.29) is 6.10 Å². The van der Waals surface area contributed by atoms with E-state index in [0.29, 0.717) is 6.54 Å². The van der Waals surface area contributed by atoms with Gasteiger partial charge in [0.25, 0.3) is 0 Å². The molecule has 1 aliphatic rings. The molecule has 8 heavy (non-hydrogen) atoms. The zero-order valence-corrected chi connectivity index (χ0v) is 4.84. The quantitative estimate of drug-likeness (QED) is 0.541. The number of ether oxygens (including phenoxy) is 1. The summed E-state index contributed by atoms with van der Waals surface area (Å²) in [5.41, 5.74) is 5.34. The molecule has 2 N–H and O–H groups in total. The number of nitrogens with two attached hydrogens (primary N) is 1. The minimum absolute atomic E-state index is 0.278. The first-order valence-electron chi connectivity index (χ1n) is 2.94. The first kappa shape index (κ1) is 5.63. The van der Waals surface area contributed by atoms with Crippen LogP contribution in [0.25, 0.3) is 0 Å². The number of allylic oxidation sites excluding steroid dienone is 1. The molecule has 0 radical (unpaired) electrons. The molecule has 0 fully saturated rings. The fourth-order valence-electron chi connectivity index (χ4n) is 0.758. The molecule has 1 unspecified atom stereocenters. The normalized spacial score (nSPS) is 27.4. The Hall–Kier alpha value is -0.500. The maximum Gasteiger partial charge on any atom is 0.110 e. The molecule has 1 aliphatic heterocycles. The van der Waals surface area contributed by atoms with Crippen LogP contribution >= 0.6 is 0 Å². The highest BCUT2D eigenvalue weighted by atomic mass is 16.5. The van der Waals surface area contributed by atoms with Crippen molar-refractivity contribution in [1.29, 1.82) is 0 Å². The first-order chi connectivity index (χ1) is 3.93. The highest BCUT2D eigenvalue weighted by Crippen LogP contribution is 2.07. The lowest BCUT2D eigenvalue weighted by atomic mass is 10.2. The van der Waals surface area contributed by atoms with Crippen molar-refractivity contribution in [1.82, 2.24) is 0 Å². The van der Waals surface area contributed by atoms with Gasteiger partial charge in [0, 0.05) is 6.54 Å². The first-order valence-corrected chi connectivity index (χ1v) is 2.94. The van der Waals surface area contributed by atoms with Gasteiger partial charge < -0.3 is 10.5 Å². The summed E-state index contributed by atoms with van der Waals surface area (Å²) >= 11 is 0. The van der Waals surface area contributed by atoms with Crippen molar-refractivity contribution in [3.8, 4) is 0 Å². The lowest BCUT2D eigenvalue weighted by Gasteiger charge is -2.16. The predicted octanol–water partition coefficient (Wildman–Crippen LogP) is 0.638. The van der Waals surface area contributed by atoms with Crippen molar-refractivity contribution in [2.45, 2.75) is 18.9 Å². The van der Waals surface area contributed by atoms with Crippen LogP contribution in [0, 0.1) is 0 Å². The Kier molecular flexibility index (Phi) is 1.92. The molecule has 1 atom stereocenters. The van der Waals surface area contributed by atoms with Crippen LogP contribution in [0.4, 0.5) is 0 Å². The Bertz CT molecular complexity index is 90.5. The summed E-state index contributed by atoms with van der Waals surface area (Å²) in [5, 5.41) is 0. The zero-order chi connectivity index (χ0) is 5.82. The van der Waals surface area contributed by atoms with Gasteiger partial charge in [-0.3, -0.25) is 0 Å². The van der Waals surface area contributed by atoms with Gasteiger partial charge in [-0.15, -0.1) is 0 Å². The Morgan fingerprint density at radius 3 is 3.00 bits per heavy atom. The third-order valence-electron chi connectivity index (χ3n) is 1.29. The molecular formula is C6H11NO. The molecule has 0 amide bonds. The van der Waals surface area contributed by atoms with Crippen molar-refractivity contribution in [3.05, 3.63) is 12.3 Å². The van der Waals surface area contributed by atoms with Gasteiger partial charge in [0.05, 0.1) is 6.26 Å². The molecule has 0 aliphatic carbocycles. The van der Waals surface area contributed by atoms with Crippen LogP contribution in [0.5, 0.6) is 0 Å². The van der Waals surface area contributed by atoms with Gasteiger partial charge in [0.1, 0.15) is 6.10 Å². The highest BCUT2D eigenvalue weighted by molar-refractivity contribution is 4.82. The summed E-state index contributed by atoms with van der Waals surface area (Å²) in [6, 6.07) is 0. The molecule has 0 spiro atoms. The van der Waals surface area contributed by atoms with Gasteiger partial charge >= 0.3 is 0 Å². The van der Waals surface area contributed by atoms with Crippen LogP contribution < -0.4 is 5.73 Å². The summed E-state index contributed by atoms with van der Waals surface area (Å²) in [6.07, 6.45) is 6.22. The third kappa shape index (κ3) is 1.23. The average molecular weight is 113 g/mol. The molecule has 0 aromatic heterocycles. The fourth-order valence-corrected chi connectivity index (χ4v) is 0.758. The van der Waals surface area contributed by atoms with Crippen molar-refractivity contribution >= 4 is 0 Å². The van der Waals surface area contributed by atoms with Crippen LogP contribution in [0.1, 0.15) is 12.8 Å². The molecule has 0 aromatic carbocycles. The van der Waals surface area contributed by atoms with E-state index in [9.17, 15) is 0 Å². The van der Waals surface area contributed by atoms with Crippen LogP contribution in [-0.4, -0.2) is 12.6 Å². The third-order valence-corrected chi connectivity index (χ3v) is 1.29. The van der Waals surface area contributed by atoms with E-state index in [1.807, 2.05) is 6.08 Å². The SMILES string of the molecule is NCC1CCC=CO1. The second-order valence-corrected chi connectivity index (χ2v) is 1.94. The van der Waals surface area contributed by atoms with Crippen molar-refractivity contribution in [3.63, 3.8) is 0 Å². The van der Waals surface area contributed by atoms with Gasteiger partial charge in [0.15, 0.2) is 0 Å². The molecule has 46 valence electrons. The smallest absolute Gasteiger partial charge is 0.110 e. The van der Waals surface area contributed by atoms with Crippen LogP contribution in [-0.2, 0) is 4.74 Å². The topological polar surface area (TPSA) is 35.2 Å². The molecule has 0 bridgehead atoms.